The van der Waals surface area contributed by atoms with Crippen LogP contribution in [0.15, 0.2) is 73.4 Å². The number of amides is 4. The van der Waals surface area contributed by atoms with Crippen molar-refractivity contribution in [2.75, 3.05) is 60.1 Å². The Morgan fingerprint density at radius 1 is 0.892 bits per heavy atom. The van der Waals surface area contributed by atoms with Crippen molar-refractivity contribution >= 4 is 64.1 Å². The summed E-state index contributed by atoms with van der Waals surface area (Å²) in [7, 11) is 0. The number of nitrogens with one attached hydrogen (secondary N) is 5. The van der Waals surface area contributed by atoms with Gasteiger partial charge >= 0.3 is 0 Å². The lowest BCUT2D eigenvalue weighted by Crippen LogP contribution is -2.48. The molecule has 0 radical (unpaired) electrons. The van der Waals surface area contributed by atoms with Gasteiger partial charge in [-0.15, -0.1) is 6.58 Å². The number of hydrogen-bond donors (Lipinski definition) is 6. The topological polar surface area (TPSA) is 211 Å². The Hall–Kier alpha value is -6.68. The summed E-state index contributed by atoms with van der Waals surface area (Å²) in [5.74, 6) is -0.597. The molecular weight excluding hydrogens is 825 g/mol. The molecule has 2 aromatic carbocycles. The lowest BCUT2D eigenvalue weighted by atomic mass is 9.73. The number of Topliss-reactive ketones (excluding diaryl/α,β-unsaturated/α-hetero) is 1. The van der Waals surface area contributed by atoms with E-state index >= 15 is 0 Å². The van der Waals surface area contributed by atoms with Crippen molar-refractivity contribution in [3.8, 4) is 0 Å². The Labute approximate surface area is 379 Å². The summed E-state index contributed by atoms with van der Waals surface area (Å²) in [6.45, 7) is 9.43. The Bertz CT molecular complexity index is 2450. The number of carbonyl (C=O) groups is 5. The Morgan fingerprint density at radius 3 is 2.45 bits per heavy atom. The molecule has 2 fully saturated rings. The van der Waals surface area contributed by atoms with Crippen molar-refractivity contribution in [1.82, 2.24) is 30.5 Å². The number of nitrogens with zero attached hydrogens (tertiary/aromatic N) is 5. The lowest BCUT2D eigenvalue weighted by molar-refractivity contribution is -0.137. The van der Waals surface area contributed by atoms with Crippen molar-refractivity contribution in [1.29, 1.82) is 0 Å². The number of fused-ring (bicyclic) bond motifs is 2. The predicted molar refractivity (Wildman–Crippen MR) is 249 cm³/mol. The molecule has 16 nitrogen and oxygen atoms in total. The number of aromatic nitrogens is 3. The van der Waals surface area contributed by atoms with Crippen LogP contribution in [-0.4, -0.2) is 93.6 Å². The summed E-state index contributed by atoms with van der Waals surface area (Å²) >= 11 is 0. The number of pyridine rings is 1. The fourth-order valence-electron chi connectivity index (χ4n) is 9.39. The molecular formula is C49H58N10O6. The van der Waals surface area contributed by atoms with Crippen LogP contribution in [0.5, 0.6) is 0 Å². The molecule has 0 saturated carbocycles. The Kier molecular flexibility index (Phi) is 13.8. The van der Waals surface area contributed by atoms with Gasteiger partial charge in [-0.3, -0.25) is 29.3 Å². The van der Waals surface area contributed by atoms with Crippen LogP contribution < -0.4 is 31.5 Å². The summed E-state index contributed by atoms with van der Waals surface area (Å²) in [5.41, 5.74) is 5.34. The van der Waals surface area contributed by atoms with Gasteiger partial charge in [0.1, 0.15) is 22.8 Å². The van der Waals surface area contributed by atoms with Gasteiger partial charge in [-0.1, -0.05) is 25.5 Å². The maximum Gasteiger partial charge on any atom is 0.256 e. The molecule has 2 aliphatic heterocycles. The maximum absolute atomic E-state index is 13.3. The largest absolute Gasteiger partial charge is 0.385 e. The first-order chi connectivity index (χ1) is 31.5. The van der Waals surface area contributed by atoms with Crippen LogP contribution in [0.4, 0.5) is 34.6 Å². The molecule has 65 heavy (non-hydrogen) atoms. The number of unbranched alkanes of at least 4 members (excludes halogenated alkanes) is 2. The number of hydrogen-bond acceptors (Lipinski definition) is 13. The molecule has 4 heterocycles. The van der Waals surface area contributed by atoms with Gasteiger partial charge < -0.3 is 36.2 Å². The van der Waals surface area contributed by atoms with Crippen LogP contribution in [0, 0.1) is 11.8 Å². The van der Waals surface area contributed by atoms with Gasteiger partial charge in [-0.05, 0) is 111 Å². The third-order valence-corrected chi connectivity index (χ3v) is 13.2. The number of aliphatic hydroxyl groups is 1. The number of ketones is 1. The first-order valence-corrected chi connectivity index (χ1v) is 22.9. The molecule has 8 rings (SSSR count). The quantitative estimate of drug-likeness (QED) is 0.0413. The fourth-order valence-corrected chi connectivity index (χ4v) is 9.39. The fraction of sp³-hybridized carbons (Fsp3) is 0.429. The van der Waals surface area contributed by atoms with E-state index < -0.39 is 11.5 Å². The van der Waals surface area contributed by atoms with Crippen molar-refractivity contribution < 1.29 is 29.1 Å². The van der Waals surface area contributed by atoms with E-state index in [0.29, 0.717) is 62.3 Å². The highest BCUT2D eigenvalue weighted by molar-refractivity contribution is 6.06. The van der Waals surface area contributed by atoms with Gasteiger partial charge in [-0.25, -0.2) is 9.97 Å². The maximum atomic E-state index is 13.3. The third-order valence-electron chi connectivity index (χ3n) is 13.2. The SMILES string of the molecule is C=CCNC(=O)c1cnc(Nc2ccc(N3CCN(C(=O)CCCCCNc4ccc5c(c4)CC[C@H](C4CCC(=O)NC4=O)C5=O)CC3)cc2)nc1Nc1ccc2c(n1)[C@@](O)(CC)CC2. The molecule has 4 amide bonds. The highest BCUT2D eigenvalue weighted by atomic mass is 16.3. The summed E-state index contributed by atoms with van der Waals surface area (Å²) in [6, 6.07) is 17.5. The molecule has 2 aliphatic carbocycles. The van der Waals surface area contributed by atoms with Crippen LogP contribution >= 0.6 is 0 Å². The first-order valence-electron chi connectivity index (χ1n) is 22.9. The van der Waals surface area contributed by atoms with E-state index in [1.165, 1.54) is 6.20 Å². The Balaban J connectivity index is 0.770. The average molecular weight is 883 g/mol. The van der Waals surface area contributed by atoms with Crippen molar-refractivity contribution in [2.24, 2.45) is 11.8 Å². The van der Waals surface area contributed by atoms with Crippen LogP contribution in [-0.2, 0) is 32.8 Å². The molecule has 6 N–H and O–H groups in total. The smallest absolute Gasteiger partial charge is 0.256 e. The number of aryl methyl sites for hydroxylation is 2. The second-order valence-corrected chi connectivity index (χ2v) is 17.4. The van der Waals surface area contributed by atoms with Gasteiger partial charge in [0.25, 0.3) is 5.91 Å². The van der Waals surface area contributed by atoms with E-state index in [1.54, 1.807) is 6.08 Å². The molecule has 340 valence electrons. The number of benzene rings is 2. The van der Waals surface area contributed by atoms with E-state index in [0.717, 1.165) is 79.9 Å². The molecule has 4 aromatic rings. The monoisotopic (exact) mass is 882 g/mol. The molecule has 2 saturated heterocycles. The molecule has 4 aliphatic rings. The summed E-state index contributed by atoms with van der Waals surface area (Å²) in [5, 5.41) is 26.2. The van der Waals surface area contributed by atoms with Gasteiger partial charge in [0.2, 0.25) is 23.7 Å². The number of piperidine rings is 1. The Morgan fingerprint density at radius 2 is 1.68 bits per heavy atom. The summed E-state index contributed by atoms with van der Waals surface area (Å²) in [6.07, 6.45) is 10.2. The van der Waals surface area contributed by atoms with Crippen LogP contribution in [0.1, 0.15) is 102 Å². The van der Waals surface area contributed by atoms with E-state index in [4.69, 9.17) is 4.98 Å². The van der Waals surface area contributed by atoms with Crippen LogP contribution in [0.3, 0.4) is 0 Å². The molecule has 0 bridgehead atoms. The zero-order valence-corrected chi connectivity index (χ0v) is 37.0. The normalized spacial score (nSPS) is 20.4. The first kappa shape index (κ1) is 44.9. The van der Waals surface area contributed by atoms with Gasteiger partial charge in [0.15, 0.2) is 5.78 Å². The number of anilines is 6. The summed E-state index contributed by atoms with van der Waals surface area (Å²) in [4.78, 5) is 81.5. The zero-order valence-electron chi connectivity index (χ0n) is 37.0. The standard InChI is InChI=1S/C49H58N10O6/c1-3-23-51-46(63)39-30-52-48(57-45(39)55-40-19-10-31-21-22-49(65,4-2)44(31)54-40)53-33-11-14-35(15-12-33)58-25-27-59(28-26-58)42(61)8-6-5-7-24-50-34-13-17-36-32(29-34)9-16-37(43(36)62)38-18-20-41(60)56-47(38)64/h3,10-15,17,19,29-30,37-38,50,65H,1,4-9,16,18,20-28H2,2H3,(H,51,63)(H,56,60,64)(H2,52,53,54,55,57)/t37-,38?,49-/m1/s1. The van der Waals surface area contributed by atoms with Crippen molar-refractivity contribution in [3.05, 3.63) is 101 Å². The van der Waals surface area contributed by atoms with E-state index in [9.17, 15) is 29.1 Å². The second kappa shape index (κ2) is 20.0. The molecule has 0 spiro atoms. The minimum atomic E-state index is -0.984. The predicted octanol–water partition coefficient (Wildman–Crippen LogP) is 5.94. The van der Waals surface area contributed by atoms with Crippen molar-refractivity contribution in [3.63, 3.8) is 0 Å². The molecule has 3 atom stereocenters. The third kappa shape index (κ3) is 10.3. The van der Waals surface area contributed by atoms with Gasteiger partial charge in [0, 0.05) is 92.8 Å². The number of imide groups is 1. The highest BCUT2D eigenvalue weighted by Gasteiger charge is 2.40. The second-order valence-electron chi connectivity index (χ2n) is 17.4. The minimum absolute atomic E-state index is 0.00788. The van der Waals surface area contributed by atoms with Gasteiger partial charge in [-0.2, -0.15) is 4.98 Å². The number of piperazine rings is 1. The molecule has 2 aromatic heterocycles. The van der Waals surface area contributed by atoms with E-state index in [-0.39, 0.29) is 65.6 Å². The van der Waals surface area contributed by atoms with Gasteiger partial charge in [0.05, 0.1) is 5.69 Å². The number of carbonyl (C=O) groups excluding carboxylic acids is 5. The lowest BCUT2D eigenvalue weighted by Gasteiger charge is -2.36. The van der Waals surface area contributed by atoms with E-state index in [2.05, 4.69) is 48.0 Å². The van der Waals surface area contributed by atoms with Crippen LogP contribution in [0.25, 0.3) is 0 Å². The highest BCUT2D eigenvalue weighted by Crippen LogP contribution is 2.39. The van der Waals surface area contributed by atoms with Crippen molar-refractivity contribution in [2.45, 2.75) is 83.2 Å². The van der Waals surface area contributed by atoms with Crippen LogP contribution in [0.2, 0.25) is 0 Å². The minimum Gasteiger partial charge on any atom is -0.385 e. The summed E-state index contributed by atoms with van der Waals surface area (Å²) < 4.78 is 0. The zero-order chi connectivity index (χ0) is 45.5. The molecule has 16 heteroatoms. The van der Waals surface area contributed by atoms with E-state index in [1.807, 2.05) is 66.4 Å². The average Bonchev–Trinajstić information content (AvgIpc) is 3.65. The molecule has 1 unspecified atom stereocenters. The number of rotatable bonds is 17.